The molecule has 2 heterocycles. The summed E-state index contributed by atoms with van der Waals surface area (Å²) >= 11 is 0. The molecule has 2 fully saturated rings. The van der Waals surface area contributed by atoms with Crippen molar-refractivity contribution in [2.45, 2.75) is 19.3 Å². The van der Waals surface area contributed by atoms with Gasteiger partial charge in [-0.2, -0.15) is 0 Å². The Morgan fingerprint density at radius 3 is 2.30 bits per heavy atom. The SMILES string of the molecule is O=S1CCN(c2ccc(N3CCCCC3)c(F)c2)CC1. The number of hydrogen-bond donors (Lipinski definition) is 0. The molecule has 20 heavy (non-hydrogen) atoms. The van der Waals surface area contributed by atoms with Gasteiger partial charge in [0.25, 0.3) is 0 Å². The van der Waals surface area contributed by atoms with Crippen LogP contribution in [0.15, 0.2) is 18.2 Å². The second-order valence-corrected chi connectivity index (χ2v) is 7.21. The lowest BCUT2D eigenvalue weighted by atomic mass is 10.1. The molecule has 0 spiro atoms. The smallest absolute Gasteiger partial charge is 0.148 e. The van der Waals surface area contributed by atoms with Gasteiger partial charge < -0.3 is 9.80 Å². The molecule has 0 bridgehead atoms. The third kappa shape index (κ3) is 2.97. The average molecular weight is 296 g/mol. The zero-order valence-electron chi connectivity index (χ0n) is 11.7. The van der Waals surface area contributed by atoms with E-state index < -0.39 is 10.8 Å². The summed E-state index contributed by atoms with van der Waals surface area (Å²) < 4.78 is 25.7. The van der Waals surface area contributed by atoms with Crippen LogP contribution in [-0.4, -0.2) is 41.9 Å². The van der Waals surface area contributed by atoms with Crippen molar-refractivity contribution in [3.63, 3.8) is 0 Å². The molecule has 0 N–H and O–H groups in total. The molecule has 0 unspecified atom stereocenters. The molecule has 2 aliphatic heterocycles. The Labute approximate surface area is 122 Å². The van der Waals surface area contributed by atoms with E-state index in [0.29, 0.717) is 11.5 Å². The summed E-state index contributed by atoms with van der Waals surface area (Å²) in [6.07, 6.45) is 3.55. The van der Waals surface area contributed by atoms with E-state index >= 15 is 0 Å². The predicted octanol–water partition coefficient (Wildman–Crippen LogP) is 2.38. The molecular weight excluding hydrogens is 275 g/mol. The number of benzene rings is 1. The van der Waals surface area contributed by atoms with Crippen LogP contribution < -0.4 is 9.80 Å². The third-order valence-corrected chi connectivity index (χ3v) is 5.45. The summed E-state index contributed by atoms with van der Waals surface area (Å²) in [4.78, 5) is 4.28. The fourth-order valence-electron chi connectivity index (χ4n) is 2.98. The molecule has 3 nitrogen and oxygen atoms in total. The third-order valence-electron chi connectivity index (χ3n) is 4.17. The number of anilines is 2. The molecule has 0 saturated carbocycles. The van der Waals surface area contributed by atoms with E-state index in [4.69, 9.17) is 0 Å². The second-order valence-electron chi connectivity index (χ2n) is 5.52. The standard InChI is InChI=1S/C15H21FN2OS/c16-14-12-13(17-8-10-20(19)11-9-17)4-5-15(14)18-6-2-1-3-7-18/h4-5,12H,1-3,6-11H2. The van der Waals surface area contributed by atoms with Gasteiger partial charge in [-0.1, -0.05) is 0 Å². The van der Waals surface area contributed by atoms with E-state index in [0.717, 1.165) is 50.4 Å². The number of nitrogens with zero attached hydrogens (tertiary/aromatic N) is 2. The van der Waals surface area contributed by atoms with Crippen LogP contribution in [0.2, 0.25) is 0 Å². The molecular formula is C15H21FN2OS. The summed E-state index contributed by atoms with van der Waals surface area (Å²) in [5, 5.41) is 0. The fraction of sp³-hybridized carbons (Fsp3) is 0.600. The minimum Gasteiger partial charge on any atom is -0.370 e. The lowest BCUT2D eigenvalue weighted by molar-refractivity contribution is 0.557. The van der Waals surface area contributed by atoms with Crippen LogP contribution in [-0.2, 0) is 10.8 Å². The van der Waals surface area contributed by atoms with Crippen molar-refractivity contribution in [3.8, 4) is 0 Å². The molecule has 2 saturated heterocycles. The van der Waals surface area contributed by atoms with Gasteiger partial charge in [-0.25, -0.2) is 4.39 Å². The Morgan fingerprint density at radius 1 is 0.950 bits per heavy atom. The van der Waals surface area contributed by atoms with Crippen LogP contribution in [0.1, 0.15) is 19.3 Å². The van der Waals surface area contributed by atoms with Gasteiger partial charge in [-0.15, -0.1) is 0 Å². The van der Waals surface area contributed by atoms with Crippen molar-refractivity contribution < 1.29 is 8.60 Å². The van der Waals surface area contributed by atoms with E-state index in [-0.39, 0.29) is 5.82 Å². The number of hydrogen-bond acceptors (Lipinski definition) is 3. The highest BCUT2D eigenvalue weighted by molar-refractivity contribution is 7.85. The van der Waals surface area contributed by atoms with Crippen molar-refractivity contribution in [1.82, 2.24) is 0 Å². The quantitative estimate of drug-likeness (QED) is 0.837. The second kappa shape index (κ2) is 6.12. The van der Waals surface area contributed by atoms with Crippen molar-refractivity contribution in [2.75, 3.05) is 47.5 Å². The van der Waals surface area contributed by atoms with Crippen LogP contribution in [0, 0.1) is 5.82 Å². The van der Waals surface area contributed by atoms with E-state index in [2.05, 4.69) is 9.80 Å². The van der Waals surface area contributed by atoms with Gasteiger partial charge in [0.15, 0.2) is 0 Å². The summed E-state index contributed by atoms with van der Waals surface area (Å²) in [6, 6.07) is 5.54. The molecule has 0 amide bonds. The molecule has 0 aliphatic carbocycles. The van der Waals surface area contributed by atoms with Crippen LogP contribution in [0.25, 0.3) is 0 Å². The molecule has 0 aromatic heterocycles. The fourth-order valence-corrected chi connectivity index (χ4v) is 4.03. The molecule has 1 aromatic carbocycles. The monoisotopic (exact) mass is 296 g/mol. The minimum atomic E-state index is -0.692. The van der Waals surface area contributed by atoms with Crippen molar-refractivity contribution >= 4 is 22.2 Å². The van der Waals surface area contributed by atoms with Crippen molar-refractivity contribution in [1.29, 1.82) is 0 Å². The van der Waals surface area contributed by atoms with Crippen LogP contribution in [0.5, 0.6) is 0 Å². The number of rotatable bonds is 2. The molecule has 2 aliphatic rings. The molecule has 1 aromatic rings. The highest BCUT2D eigenvalue weighted by Crippen LogP contribution is 2.27. The maximum atomic E-state index is 14.3. The van der Waals surface area contributed by atoms with Crippen LogP contribution in [0.3, 0.4) is 0 Å². The Kier molecular flexibility index (Phi) is 4.24. The normalized spacial score (nSPS) is 21.2. The summed E-state index contributed by atoms with van der Waals surface area (Å²) in [7, 11) is -0.692. The minimum absolute atomic E-state index is 0.129. The maximum Gasteiger partial charge on any atom is 0.148 e. The molecule has 5 heteroatoms. The first-order valence-corrected chi connectivity index (χ1v) is 8.87. The summed E-state index contributed by atoms with van der Waals surface area (Å²) in [5.41, 5.74) is 1.65. The van der Waals surface area contributed by atoms with E-state index in [1.807, 2.05) is 12.1 Å². The van der Waals surface area contributed by atoms with E-state index in [1.165, 1.54) is 6.42 Å². The van der Waals surface area contributed by atoms with Crippen molar-refractivity contribution in [2.24, 2.45) is 0 Å². The van der Waals surface area contributed by atoms with Gasteiger partial charge in [0, 0.05) is 54.2 Å². The summed E-state index contributed by atoms with van der Waals surface area (Å²) in [5.74, 6) is 1.25. The molecule has 0 atom stereocenters. The Bertz CT molecular complexity index is 493. The van der Waals surface area contributed by atoms with Gasteiger partial charge in [-0.3, -0.25) is 4.21 Å². The Balaban J connectivity index is 1.75. The van der Waals surface area contributed by atoms with Crippen molar-refractivity contribution in [3.05, 3.63) is 24.0 Å². The van der Waals surface area contributed by atoms with E-state index in [9.17, 15) is 8.60 Å². The highest BCUT2D eigenvalue weighted by Gasteiger charge is 2.19. The lowest BCUT2D eigenvalue weighted by Gasteiger charge is -2.31. The largest absolute Gasteiger partial charge is 0.370 e. The maximum absolute atomic E-state index is 14.3. The molecule has 3 rings (SSSR count). The van der Waals surface area contributed by atoms with Gasteiger partial charge in [0.1, 0.15) is 5.82 Å². The van der Waals surface area contributed by atoms with Gasteiger partial charge >= 0.3 is 0 Å². The average Bonchev–Trinajstić information content (AvgIpc) is 2.49. The first-order chi connectivity index (χ1) is 9.74. The molecule has 110 valence electrons. The van der Waals surface area contributed by atoms with Gasteiger partial charge in [0.2, 0.25) is 0 Å². The predicted molar refractivity (Wildman–Crippen MR) is 82.6 cm³/mol. The molecule has 0 radical (unpaired) electrons. The Morgan fingerprint density at radius 2 is 1.65 bits per heavy atom. The zero-order chi connectivity index (χ0) is 13.9. The topological polar surface area (TPSA) is 23.6 Å². The number of piperidine rings is 1. The lowest BCUT2D eigenvalue weighted by Crippen LogP contribution is -2.37. The zero-order valence-corrected chi connectivity index (χ0v) is 12.5. The number of halogens is 1. The summed E-state index contributed by atoms with van der Waals surface area (Å²) in [6.45, 7) is 3.43. The van der Waals surface area contributed by atoms with Crippen LogP contribution in [0.4, 0.5) is 15.8 Å². The Hall–Kier alpha value is -1.10. The van der Waals surface area contributed by atoms with Crippen LogP contribution >= 0.6 is 0 Å². The first kappa shape index (κ1) is 13.9. The van der Waals surface area contributed by atoms with Gasteiger partial charge in [-0.05, 0) is 37.5 Å². The first-order valence-electron chi connectivity index (χ1n) is 7.38. The highest BCUT2D eigenvalue weighted by atomic mass is 32.2. The van der Waals surface area contributed by atoms with E-state index in [1.54, 1.807) is 6.07 Å². The van der Waals surface area contributed by atoms with Gasteiger partial charge in [0.05, 0.1) is 5.69 Å².